The Balaban J connectivity index is 1.39. The number of thioether (sulfide) groups is 1. The number of amides is 1. The molecule has 5 nitrogen and oxygen atoms in total. The van der Waals surface area contributed by atoms with Crippen molar-refractivity contribution in [2.24, 2.45) is 0 Å². The third kappa shape index (κ3) is 4.96. The van der Waals surface area contributed by atoms with Crippen molar-refractivity contribution in [2.45, 2.75) is 12.3 Å². The number of aromatic nitrogens is 3. The maximum atomic E-state index is 12.2. The number of nitrogens with zero attached hydrogens (tertiary/aromatic N) is 3. The van der Waals surface area contributed by atoms with Gasteiger partial charge < -0.3 is 9.88 Å². The van der Waals surface area contributed by atoms with Crippen molar-refractivity contribution in [3.63, 3.8) is 0 Å². The van der Waals surface area contributed by atoms with Crippen molar-refractivity contribution >= 4 is 29.3 Å². The predicted molar refractivity (Wildman–Crippen MR) is 122 cm³/mol. The smallest absolute Gasteiger partial charge is 0.230 e. The largest absolute Gasteiger partial charge is 0.351 e. The standard InChI is InChI=1S/C23H21ClN4OS/c24-20-10-8-18(9-11-20)14-25-22(29)17-30-16-19-15-26-28(21-6-2-1-3-7-21)23(19)27-12-4-5-13-27/h1-13,15H,14,16-17H2,(H,25,29). The van der Waals surface area contributed by atoms with Gasteiger partial charge in [0.2, 0.25) is 5.91 Å². The highest BCUT2D eigenvalue weighted by atomic mass is 35.5. The van der Waals surface area contributed by atoms with Gasteiger partial charge in [-0.3, -0.25) is 4.79 Å². The van der Waals surface area contributed by atoms with Gasteiger partial charge in [-0.25, -0.2) is 4.68 Å². The van der Waals surface area contributed by atoms with Crippen molar-refractivity contribution in [1.29, 1.82) is 0 Å². The molecule has 0 aliphatic carbocycles. The molecular weight excluding hydrogens is 416 g/mol. The number of benzene rings is 2. The minimum Gasteiger partial charge on any atom is -0.351 e. The lowest BCUT2D eigenvalue weighted by atomic mass is 10.2. The molecule has 2 aromatic carbocycles. The molecule has 4 aromatic rings. The molecule has 0 fully saturated rings. The topological polar surface area (TPSA) is 51.9 Å². The Labute approximate surface area is 184 Å². The number of hydrogen-bond donors (Lipinski definition) is 1. The maximum absolute atomic E-state index is 12.2. The van der Waals surface area contributed by atoms with E-state index in [0.29, 0.717) is 23.1 Å². The van der Waals surface area contributed by atoms with Crippen molar-refractivity contribution < 1.29 is 4.79 Å². The van der Waals surface area contributed by atoms with E-state index in [-0.39, 0.29) is 5.91 Å². The quantitative estimate of drug-likeness (QED) is 0.429. The zero-order chi connectivity index (χ0) is 20.8. The molecule has 1 amide bonds. The van der Waals surface area contributed by atoms with Gasteiger partial charge in [0.1, 0.15) is 5.82 Å². The number of hydrogen-bond acceptors (Lipinski definition) is 3. The zero-order valence-corrected chi connectivity index (χ0v) is 17.8. The highest BCUT2D eigenvalue weighted by molar-refractivity contribution is 7.99. The van der Waals surface area contributed by atoms with Crippen LogP contribution < -0.4 is 5.32 Å². The Morgan fingerprint density at radius 2 is 1.73 bits per heavy atom. The Morgan fingerprint density at radius 1 is 1.00 bits per heavy atom. The van der Waals surface area contributed by atoms with E-state index in [0.717, 1.165) is 22.6 Å². The van der Waals surface area contributed by atoms with Crippen molar-refractivity contribution in [2.75, 3.05) is 5.75 Å². The van der Waals surface area contributed by atoms with Crippen LogP contribution in [-0.4, -0.2) is 26.0 Å². The lowest BCUT2D eigenvalue weighted by Gasteiger charge is -2.11. The second kappa shape index (κ2) is 9.69. The number of halogens is 1. The average Bonchev–Trinajstić information content (AvgIpc) is 3.44. The van der Waals surface area contributed by atoms with Gasteiger partial charge in [0.05, 0.1) is 17.6 Å². The molecule has 7 heteroatoms. The summed E-state index contributed by atoms with van der Waals surface area (Å²) in [5, 5.41) is 8.23. The molecule has 0 saturated heterocycles. The van der Waals surface area contributed by atoms with E-state index >= 15 is 0 Å². The first-order valence-electron chi connectivity index (χ1n) is 9.55. The predicted octanol–water partition coefficient (Wildman–Crippen LogP) is 4.87. The van der Waals surface area contributed by atoms with Crippen LogP contribution in [-0.2, 0) is 17.1 Å². The van der Waals surface area contributed by atoms with Crippen molar-refractivity contribution in [3.8, 4) is 11.5 Å². The van der Waals surface area contributed by atoms with Crippen molar-refractivity contribution in [1.82, 2.24) is 19.7 Å². The van der Waals surface area contributed by atoms with Crippen LogP contribution in [0.15, 0.2) is 85.3 Å². The summed E-state index contributed by atoms with van der Waals surface area (Å²) in [4.78, 5) is 12.2. The number of carbonyl (C=O) groups is 1. The third-order valence-electron chi connectivity index (χ3n) is 4.56. The van der Waals surface area contributed by atoms with E-state index in [1.807, 2.05) is 90.0 Å². The summed E-state index contributed by atoms with van der Waals surface area (Å²) in [6.07, 6.45) is 5.88. The molecule has 0 spiro atoms. The van der Waals surface area contributed by atoms with Gasteiger partial charge in [0.25, 0.3) is 0 Å². The summed E-state index contributed by atoms with van der Waals surface area (Å²) < 4.78 is 3.98. The Kier molecular flexibility index (Phi) is 6.57. The van der Waals surface area contributed by atoms with Crippen molar-refractivity contribution in [3.05, 3.63) is 101 Å². The molecule has 4 rings (SSSR count). The first-order valence-corrected chi connectivity index (χ1v) is 11.1. The second-order valence-corrected chi connectivity index (χ2v) is 8.15. The second-order valence-electron chi connectivity index (χ2n) is 6.73. The van der Waals surface area contributed by atoms with Crippen LogP contribution in [0, 0.1) is 0 Å². The summed E-state index contributed by atoms with van der Waals surface area (Å²) in [5.74, 6) is 2.07. The minimum absolute atomic E-state index is 0.00733. The average molecular weight is 437 g/mol. The van der Waals surface area contributed by atoms with Gasteiger partial charge >= 0.3 is 0 Å². The molecule has 152 valence electrons. The van der Waals surface area contributed by atoms with Gasteiger partial charge in [-0.05, 0) is 42.0 Å². The molecule has 30 heavy (non-hydrogen) atoms. The number of rotatable bonds is 8. The third-order valence-corrected chi connectivity index (χ3v) is 5.79. The Hall–Kier alpha value is -2.96. The monoisotopic (exact) mass is 436 g/mol. The van der Waals surface area contributed by atoms with E-state index in [1.54, 1.807) is 11.8 Å². The number of nitrogens with one attached hydrogen (secondary N) is 1. The van der Waals surface area contributed by atoms with Gasteiger partial charge in [0, 0.05) is 35.3 Å². The maximum Gasteiger partial charge on any atom is 0.230 e. The summed E-state index contributed by atoms with van der Waals surface area (Å²) in [7, 11) is 0. The summed E-state index contributed by atoms with van der Waals surface area (Å²) >= 11 is 7.46. The molecule has 1 N–H and O–H groups in total. The van der Waals surface area contributed by atoms with Gasteiger partial charge in [-0.15, -0.1) is 11.8 Å². The van der Waals surface area contributed by atoms with Crippen LogP contribution in [0.1, 0.15) is 11.1 Å². The zero-order valence-electron chi connectivity index (χ0n) is 16.2. The van der Waals surface area contributed by atoms with Gasteiger partial charge in [-0.1, -0.05) is 41.9 Å². The van der Waals surface area contributed by atoms with Crippen LogP contribution >= 0.6 is 23.4 Å². The normalized spacial score (nSPS) is 10.8. The molecular formula is C23H21ClN4OS. The summed E-state index contributed by atoms with van der Waals surface area (Å²) in [6.45, 7) is 0.497. The molecule has 0 aliphatic rings. The molecule has 2 aromatic heterocycles. The molecule has 0 aliphatic heterocycles. The van der Waals surface area contributed by atoms with E-state index in [1.165, 1.54) is 0 Å². The molecule has 0 bridgehead atoms. The molecule has 0 radical (unpaired) electrons. The summed E-state index contributed by atoms with van der Waals surface area (Å²) in [6, 6.07) is 21.5. The molecule has 2 heterocycles. The molecule has 0 saturated carbocycles. The first-order chi connectivity index (χ1) is 14.7. The minimum atomic E-state index is 0.00733. The lowest BCUT2D eigenvalue weighted by molar-refractivity contribution is -0.118. The van der Waals surface area contributed by atoms with E-state index < -0.39 is 0 Å². The molecule has 0 atom stereocenters. The fourth-order valence-corrected chi connectivity index (χ4v) is 4.03. The highest BCUT2D eigenvalue weighted by Crippen LogP contribution is 2.23. The highest BCUT2D eigenvalue weighted by Gasteiger charge is 2.14. The van der Waals surface area contributed by atoms with Crippen LogP contribution in [0.2, 0.25) is 5.02 Å². The summed E-state index contributed by atoms with van der Waals surface area (Å²) in [5.41, 5.74) is 3.10. The van der Waals surface area contributed by atoms with Crippen LogP contribution in [0.25, 0.3) is 11.5 Å². The van der Waals surface area contributed by atoms with Gasteiger partial charge in [0.15, 0.2) is 0 Å². The number of para-hydroxylation sites is 1. The fraction of sp³-hybridized carbons (Fsp3) is 0.130. The SMILES string of the molecule is O=C(CSCc1cnn(-c2ccccc2)c1-n1cccc1)NCc1ccc(Cl)cc1. The van der Waals surface area contributed by atoms with E-state index in [4.69, 9.17) is 11.6 Å². The molecule has 0 unspecified atom stereocenters. The number of carbonyl (C=O) groups excluding carboxylic acids is 1. The first kappa shape index (κ1) is 20.3. The Morgan fingerprint density at radius 3 is 2.47 bits per heavy atom. The van der Waals surface area contributed by atoms with Crippen LogP contribution in [0.3, 0.4) is 0 Å². The lowest BCUT2D eigenvalue weighted by Crippen LogP contribution is -2.24. The van der Waals surface area contributed by atoms with Crippen LogP contribution in [0.4, 0.5) is 0 Å². The Bertz CT molecular complexity index is 1090. The van der Waals surface area contributed by atoms with E-state index in [9.17, 15) is 4.79 Å². The van der Waals surface area contributed by atoms with Crippen LogP contribution in [0.5, 0.6) is 0 Å². The fourth-order valence-electron chi connectivity index (χ4n) is 3.09. The van der Waals surface area contributed by atoms with Gasteiger partial charge in [-0.2, -0.15) is 5.10 Å². The van der Waals surface area contributed by atoms with E-state index in [2.05, 4.69) is 15.0 Å².